The van der Waals surface area contributed by atoms with Gasteiger partial charge in [0.1, 0.15) is 17.2 Å². The van der Waals surface area contributed by atoms with Crippen LogP contribution in [0.5, 0.6) is 0 Å². The highest BCUT2D eigenvalue weighted by Gasteiger charge is 2.17. The monoisotopic (exact) mass is 310 g/mol. The zero-order valence-corrected chi connectivity index (χ0v) is 13.3. The number of carbonyl (C=O) groups is 1. The number of H-pyrrole nitrogens is 1. The van der Waals surface area contributed by atoms with Gasteiger partial charge in [-0.3, -0.25) is 9.59 Å². The Kier molecular flexibility index (Phi) is 3.78. The molecule has 0 saturated heterocycles. The SMILES string of the molecule is Cc1cc([C@@H](C)NC(=O)c2cc3ccccc3c(=O)[nH]2)c(C)o1. The largest absolute Gasteiger partial charge is 0.466 e. The Labute approximate surface area is 133 Å². The molecule has 23 heavy (non-hydrogen) atoms. The lowest BCUT2D eigenvalue weighted by atomic mass is 10.1. The third-order valence-electron chi connectivity index (χ3n) is 3.89. The number of amides is 1. The van der Waals surface area contributed by atoms with Crippen LogP contribution in [0.1, 0.15) is 40.5 Å². The third-order valence-corrected chi connectivity index (χ3v) is 3.89. The van der Waals surface area contributed by atoms with Crippen molar-refractivity contribution in [2.45, 2.75) is 26.8 Å². The fourth-order valence-corrected chi connectivity index (χ4v) is 2.77. The Hall–Kier alpha value is -2.82. The molecule has 2 N–H and O–H groups in total. The quantitative estimate of drug-likeness (QED) is 0.780. The lowest BCUT2D eigenvalue weighted by Crippen LogP contribution is -2.29. The number of aromatic nitrogens is 1. The Bertz CT molecular complexity index is 937. The van der Waals surface area contributed by atoms with Crippen LogP contribution in [0, 0.1) is 13.8 Å². The maximum atomic E-state index is 12.4. The molecular formula is C18H18N2O3. The van der Waals surface area contributed by atoms with Gasteiger partial charge in [-0.25, -0.2) is 0 Å². The van der Waals surface area contributed by atoms with Gasteiger partial charge in [0.2, 0.25) is 0 Å². The van der Waals surface area contributed by atoms with Crippen molar-refractivity contribution >= 4 is 16.7 Å². The van der Waals surface area contributed by atoms with Crippen molar-refractivity contribution in [3.05, 3.63) is 69.5 Å². The van der Waals surface area contributed by atoms with Crippen LogP contribution in [0.3, 0.4) is 0 Å². The molecule has 3 aromatic rings. The summed E-state index contributed by atoms with van der Waals surface area (Å²) in [5.41, 5.74) is 0.911. The molecule has 1 aromatic carbocycles. The van der Waals surface area contributed by atoms with Gasteiger partial charge >= 0.3 is 0 Å². The molecule has 0 unspecified atom stereocenters. The van der Waals surface area contributed by atoms with E-state index in [0.717, 1.165) is 22.5 Å². The number of pyridine rings is 1. The zero-order valence-electron chi connectivity index (χ0n) is 13.3. The molecular weight excluding hydrogens is 292 g/mol. The van der Waals surface area contributed by atoms with Gasteiger partial charge in [-0.05, 0) is 44.4 Å². The van der Waals surface area contributed by atoms with Crippen molar-refractivity contribution in [3.8, 4) is 0 Å². The first-order chi connectivity index (χ1) is 11.0. The fraction of sp³-hybridized carbons (Fsp3) is 0.222. The number of aryl methyl sites for hydroxylation is 2. The van der Waals surface area contributed by atoms with Gasteiger partial charge in [-0.1, -0.05) is 18.2 Å². The maximum Gasteiger partial charge on any atom is 0.268 e. The van der Waals surface area contributed by atoms with Crippen LogP contribution in [0.4, 0.5) is 0 Å². The summed E-state index contributed by atoms with van der Waals surface area (Å²) in [6.07, 6.45) is 0. The van der Waals surface area contributed by atoms with Crippen LogP contribution >= 0.6 is 0 Å². The highest BCUT2D eigenvalue weighted by Crippen LogP contribution is 2.21. The van der Waals surface area contributed by atoms with E-state index < -0.39 is 0 Å². The Morgan fingerprint density at radius 3 is 2.65 bits per heavy atom. The van der Waals surface area contributed by atoms with E-state index in [4.69, 9.17) is 4.42 Å². The summed E-state index contributed by atoms with van der Waals surface area (Å²) in [7, 11) is 0. The van der Waals surface area contributed by atoms with Gasteiger partial charge in [0.15, 0.2) is 0 Å². The third kappa shape index (κ3) is 2.90. The van der Waals surface area contributed by atoms with Gasteiger partial charge in [0, 0.05) is 10.9 Å². The average molecular weight is 310 g/mol. The number of hydrogen-bond acceptors (Lipinski definition) is 3. The second-order valence-corrected chi connectivity index (χ2v) is 5.66. The molecule has 0 radical (unpaired) electrons. The van der Waals surface area contributed by atoms with Crippen molar-refractivity contribution in [2.75, 3.05) is 0 Å². The summed E-state index contributed by atoms with van der Waals surface area (Å²) in [6, 6.07) is 10.6. The Balaban J connectivity index is 1.89. The number of nitrogens with one attached hydrogen (secondary N) is 2. The van der Waals surface area contributed by atoms with Crippen LogP contribution in [-0.2, 0) is 0 Å². The molecule has 0 fully saturated rings. The summed E-state index contributed by atoms with van der Waals surface area (Å²) in [4.78, 5) is 27.1. The minimum atomic E-state index is -0.321. The van der Waals surface area contributed by atoms with Crippen LogP contribution in [0.15, 0.2) is 45.6 Å². The molecule has 2 heterocycles. The van der Waals surface area contributed by atoms with E-state index in [1.807, 2.05) is 39.0 Å². The highest BCUT2D eigenvalue weighted by atomic mass is 16.3. The number of fused-ring (bicyclic) bond motifs is 1. The summed E-state index contributed by atoms with van der Waals surface area (Å²) in [5, 5.41) is 4.20. The van der Waals surface area contributed by atoms with E-state index >= 15 is 0 Å². The second kappa shape index (κ2) is 5.76. The summed E-state index contributed by atoms with van der Waals surface area (Å²) < 4.78 is 5.49. The van der Waals surface area contributed by atoms with Gasteiger partial charge < -0.3 is 14.7 Å². The number of furan rings is 1. The van der Waals surface area contributed by atoms with Gasteiger partial charge in [-0.15, -0.1) is 0 Å². The molecule has 3 rings (SSSR count). The Morgan fingerprint density at radius 2 is 1.96 bits per heavy atom. The lowest BCUT2D eigenvalue weighted by Gasteiger charge is -2.13. The van der Waals surface area contributed by atoms with Crippen molar-refractivity contribution in [3.63, 3.8) is 0 Å². The molecule has 0 spiro atoms. The summed E-state index contributed by atoms with van der Waals surface area (Å²) in [5.74, 6) is 1.26. The number of aromatic amines is 1. The molecule has 5 heteroatoms. The van der Waals surface area contributed by atoms with E-state index in [1.165, 1.54) is 0 Å². The van der Waals surface area contributed by atoms with Crippen molar-refractivity contribution < 1.29 is 9.21 Å². The lowest BCUT2D eigenvalue weighted by molar-refractivity contribution is 0.0934. The first-order valence-corrected chi connectivity index (χ1v) is 7.45. The summed E-state index contributed by atoms with van der Waals surface area (Å²) in [6.45, 7) is 5.61. The normalized spacial score (nSPS) is 12.3. The van der Waals surface area contributed by atoms with E-state index in [9.17, 15) is 9.59 Å². The minimum Gasteiger partial charge on any atom is -0.466 e. The molecule has 0 aliphatic carbocycles. The van der Waals surface area contributed by atoms with E-state index in [1.54, 1.807) is 18.2 Å². The molecule has 118 valence electrons. The molecule has 1 atom stereocenters. The van der Waals surface area contributed by atoms with Crippen molar-refractivity contribution in [1.29, 1.82) is 0 Å². The van der Waals surface area contributed by atoms with Crippen molar-refractivity contribution in [2.24, 2.45) is 0 Å². The minimum absolute atomic E-state index is 0.213. The smallest absolute Gasteiger partial charge is 0.268 e. The first-order valence-electron chi connectivity index (χ1n) is 7.45. The summed E-state index contributed by atoms with van der Waals surface area (Å²) >= 11 is 0. The van der Waals surface area contributed by atoms with E-state index in [2.05, 4.69) is 10.3 Å². The first kappa shape index (κ1) is 15.1. The van der Waals surface area contributed by atoms with Crippen LogP contribution < -0.4 is 10.9 Å². The van der Waals surface area contributed by atoms with Crippen molar-refractivity contribution in [1.82, 2.24) is 10.3 Å². The standard InChI is InChI=1S/C18H18N2O3/c1-10-8-15(12(3)23-10)11(2)19-18(22)16-9-13-6-4-5-7-14(13)17(21)20-16/h4-9,11H,1-3H3,(H,19,22)(H,20,21)/t11-/m1/s1. The van der Waals surface area contributed by atoms with E-state index in [0.29, 0.717) is 5.39 Å². The maximum absolute atomic E-state index is 12.4. The highest BCUT2D eigenvalue weighted by molar-refractivity contribution is 5.96. The molecule has 0 aliphatic rings. The van der Waals surface area contributed by atoms with Crippen LogP contribution in [0.25, 0.3) is 10.8 Å². The number of benzene rings is 1. The number of hydrogen-bond donors (Lipinski definition) is 2. The van der Waals surface area contributed by atoms with Crippen LogP contribution in [0.2, 0.25) is 0 Å². The number of rotatable bonds is 3. The Morgan fingerprint density at radius 1 is 1.22 bits per heavy atom. The van der Waals surface area contributed by atoms with Gasteiger partial charge in [0.05, 0.1) is 6.04 Å². The molecule has 2 aromatic heterocycles. The second-order valence-electron chi connectivity index (χ2n) is 5.66. The van der Waals surface area contributed by atoms with Crippen LogP contribution in [-0.4, -0.2) is 10.9 Å². The topological polar surface area (TPSA) is 75.1 Å². The predicted octanol–water partition coefficient (Wildman–Crippen LogP) is 3.23. The fourth-order valence-electron chi connectivity index (χ4n) is 2.77. The molecule has 0 bridgehead atoms. The number of carbonyl (C=O) groups excluding carboxylic acids is 1. The van der Waals surface area contributed by atoms with E-state index in [-0.39, 0.29) is 23.2 Å². The zero-order chi connectivity index (χ0) is 16.6. The molecule has 1 amide bonds. The predicted molar refractivity (Wildman–Crippen MR) is 88.6 cm³/mol. The molecule has 5 nitrogen and oxygen atoms in total. The average Bonchev–Trinajstić information content (AvgIpc) is 2.86. The van der Waals surface area contributed by atoms with Gasteiger partial charge in [0.25, 0.3) is 11.5 Å². The molecule has 0 saturated carbocycles. The molecule has 0 aliphatic heterocycles. The van der Waals surface area contributed by atoms with Gasteiger partial charge in [-0.2, -0.15) is 0 Å².